The van der Waals surface area contributed by atoms with E-state index < -0.39 is 16.9 Å². The van der Waals surface area contributed by atoms with Crippen LogP contribution in [0, 0.1) is 5.41 Å². The molecule has 7 heteroatoms. The number of carboxylic acids is 1. The highest BCUT2D eigenvalue weighted by Gasteiger charge is 2.66. The Morgan fingerprint density at radius 3 is 2.38 bits per heavy atom. The number of rotatable bonds is 8. The molecule has 0 aliphatic heterocycles. The summed E-state index contributed by atoms with van der Waals surface area (Å²) in [7, 11) is 3.06. The topological polar surface area (TPSA) is 94.1 Å². The molecule has 0 bridgehead atoms. The first-order valence-electron chi connectivity index (χ1n) is 8.58. The Bertz CT molecular complexity index is 687. The molecule has 2 atom stereocenters. The molecule has 1 aromatic rings. The molecule has 144 valence electrons. The van der Waals surface area contributed by atoms with Crippen molar-refractivity contribution >= 4 is 11.9 Å². The molecule has 1 aromatic carbocycles. The predicted octanol–water partition coefficient (Wildman–Crippen LogP) is 2.02. The largest absolute Gasteiger partial charge is 0.493 e. The number of carbonyl (C=O) groups is 2. The summed E-state index contributed by atoms with van der Waals surface area (Å²) >= 11 is 0. The minimum Gasteiger partial charge on any atom is -0.493 e. The SMILES string of the molecule is CCOC1CC(NC(=O)Cc2ccc(OC)c(OC)c2)(C(=O)O)C1(C)C. The Labute approximate surface area is 153 Å². The monoisotopic (exact) mass is 365 g/mol. The van der Waals surface area contributed by atoms with Crippen molar-refractivity contribution in [2.75, 3.05) is 20.8 Å². The van der Waals surface area contributed by atoms with Gasteiger partial charge in [0.2, 0.25) is 5.91 Å². The quantitative estimate of drug-likeness (QED) is 0.732. The van der Waals surface area contributed by atoms with Crippen molar-refractivity contribution in [1.29, 1.82) is 0 Å². The average Bonchev–Trinajstić information content (AvgIpc) is 2.60. The number of carboxylic acid groups (broad SMARTS) is 1. The molecule has 1 amide bonds. The second kappa shape index (κ2) is 7.53. The molecular weight excluding hydrogens is 338 g/mol. The molecule has 7 nitrogen and oxygen atoms in total. The van der Waals surface area contributed by atoms with Gasteiger partial charge in [0.25, 0.3) is 0 Å². The fourth-order valence-corrected chi connectivity index (χ4v) is 3.50. The third kappa shape index (κ3) is 3.35. The van der Waals surface area contributed by atoms with Gasteiger partial charge in [0, 0.05) is 18.4 Å². The molecular formula is C19H27NO6. The molecule has 1 aliphatic rings. The van der Waals surface area contributed by atoms with Crippen molar-refractivity contribution in [2.24, 2.45) is 5.41 Å². The zero-order chi connectivity index (χ0) is 19.5. The molecule has 1 fully saturated rings. The first-order chi connectivity index (χ1) is 12.2. The number of ether oxygens (including phenoxy) is 3. The fourth-order valence-electron chi connectivity index (χ4n) is 3.50. The minimum absolute atomic E-state index is 0.0464. The zero-order valence-corrected chi connectivity index (χ0v) is 15.9. The highest BCUT2D eigenvalue weighted by atomic mass is 16.5. The van der Waals surface area contributed by atoms with Gasteiger partial charge < -0.3 is 24.6 Å². The van der Waals surface area contributed by atoms with E-state index in [1.54, 1.807) is 18.2 Å². The van der Waals surface area contributed by atoms with Crippen molar-refractivity contribution in [1.82, 2.24) is 5.32 Å². The Morgan fingerprint density at radius 1 is 1.23 bits per heavy atom. The van der Waals surface area contributed by atoms with Crippen LogP contribution in [0.25, 0.3) is 0 Å². The third-order valence-corrected chi connectivity index (χ3v) is 5.29. The molecule has 26 heavy (non-hydrogen) atoms. The number of carbonyl (C=O) groups excluding carboxylic acids is 1. The summed E-state index contributed by atoms with van der Waals surface area (Å²) in [5.41, 5.74) is -1.33. The van der Waals surface area contributed by atoms with E-state index in [9.17, 15) is 14.7 Å². The zero-order valence-electron chi connectivity index (χ0n) is 15.9. The van der Waals surface area contributed by atoms with E-state index in [2.05, 4.69) is 5.32 Å². The number of hydrogen-bond donors (Lipinski definition) is 2. The molecule has 2 N–H and O–H groups in total. The van der Waals surface area contributed by atoms with Gasteiger partial charge in [-0.15, -0.1) is 0 Å². The first-order valence-corrected chi connectivity index (χ1v) is 8.58. The van der Waals surface area contributed by atoms with Crippen LogP contribution in [-0.4, -0.2) is 49.5 Å². The Kier molecular flexibility index (Phi) is 5.81. The van der Waals surface area contributed by atoms with Gasteiger partial charge in [-0.3, -0.25) is 4.79 Å². The van der Waals surface area contributed by atoms with Crippen LogP contribution < -0.4 is 14.8 Å². The predicted molar refractivity (Wildman–Crippen MR) is 95.6 cm³/mol. The van der Waals surface area contributed by atoms with Crippen LogP contribution in [0.2, 0.25) is 0 Å². The standard InChI is InChI=1S/C19H27NO6/c1-6-26-15-11-19(17(22)23,18(15,2)3)20-16(21)10-12-7-8-13(24-4)14(9-12)25-5/h7-9,15H,6,10-11H2,1-5H3,(H,20,21)(H,22,23). The van der Waals surface area contributed by atoms with Gasteiger partial charge in [-0.2, -0.15) is 0 Å². The summed E-state index contributed by atoms with van der Waals surface area (Å²) in [5.74, 6) is -0.314. The maximum atomic E-state index is 12.5. The van der Waals surface area contributed by atoms with Crippen molar-refractivity contribution in [2.45, 2.75) is 45.3 Å². The van der Waals surface area contributed by atoms with Crippen LogP contribution in [-0.2, 0) is 20.7 Å². The lowest BCUT2D eigenvalue weighted by Gasteiger charge is -2.58. The van der Waals surface area contributed by atoms with Crippen LogP contribution in [0.1, 0.15) is 32.8 Å². The Hall–Kier alpha value is -2.28. The number of aliphatic carboxylic acids is 1. The number of amides is 1. The Morgan fingerprint density at radius 2 is 1.88 bits per heavy atom. The number of hydrogen-bond acceptors (Lipinski definition) is 5. The molecule has 1 aliphatic carbocycles. The van der Waals surface area contributed by atoms with E-state index in [-0.39, 0.29) is 24.9 Å². The second-order valence-electron chi connectivity index (χ2n) is 6.99. The summed E-state index contributed by atoms with van der Waals surface area (Å²) in [6.45, 7) is 5.99. The third-order valence-electron chi connectivity index (χ3n) is 5.29. The first kappa shape index (κ1) is 20.0. The van der Waals surface area contributed by atoms with Gasteiger partial charge in [0.1, 0.15) is 5.54 Å². The molecule has 0 heterocycles. The molecule has 0 radical (unpaired) electrons. The van der Waals surface area contributed by atoms with Crippen LogP contribution in [0.15, 0.2) is 18.2 Å². The fraction of sp³-hybridized carbons (Fsp3) is 0.579. The van der Waals surface area contributed by atoms with Crippen molar-refractivity contribution in [3.63, 3.8) is 0 Å². The highest BCUT2D eigenvalue weighted by Crippen LogP contribution is 2.51. The number of methoxy groups -OCH3 is 2. The second-order valence-corrected chi connectivity index (χ2v) is 6.99. The normalized spacial score (nSPS) is 23.7. The summed E-state index contributed by atoms with van der Waals surface area (Å²) in [6.07, 6.45) is 0.0935. The lowest BCUT2D eigenvalue weighted by atomic mass is 9.54. The van der Waals surface area contributed by atoms with Gasteiger partial charge in [0.05, 0.1) is 26.7 Å². The van der Waals surface area contributed by atoms with Crippen molar-refractivity contribution in [3.05, 3.63) is 23.8 Å². The summed E-state index contributed by atoms with van der Waals surface area (Å²) < 4.78 is 16.0. The van der Waals surface area contributed by atoms with E-state index in [1.807, 2.05) is 20.8 Å². The summed E-state index contributed by atoms with van der Waals surface area (Å²) in [4.78, 5) is 24.5. The summed E-state index contributed by atoms with van der Waals surface area (Å²) in [6, 6.07) is 5.18. The van der Waals surface area contributed by atoms with E-state index in [0.717, 1.165) is 0 Å². The van der Waals surface area contributed by atoms with E-state index in [0.29, 0.717) is 23.7 Å². The van der Waals surface area contributed by atoms with E-state index >= 15 is 0 Å². The average molecular weight is 365 g/mol. The van der Waals surface area contributed by atoms with Gasteiger partial charge in [-0.25, -0.2) is 4.79 Å². The molecule has 1 saturated carbocycles. The molecule has 0 aromatic heterocycles. The van der Waals surface area contributed by atoms with Crippen LogP contribution >= 0.6 is 0 Å². The van der Waals surface area contributed by atoms with Crippen LogP contribution in [0.4, 0.5) is 0 Å². The number of nitrogens with one attached hydrogen (secondary N) is 1. The highest BCUT2D eigenvalue weighted by molar-refractivity contribution is 5.90. The van der Waals surface area contributed by atoms with E-state index in [1.165, 1.54) is 14.2 Å². The molecule has 0 saturated heterocycles. The smallest absolute Gasteiger partial charge is 0.330 e. The van der Waals surface area contributed by atoms with Crippen LogP contribution in [0.3, 0.4) is 0 Å². The van der Waals surface area contributed by atoms with Crippen molar-refractivity contribution in [3.8, 4) is 11.5 Å². The van der Waals surface area contributed by atoms with Gasteiger partial charge >= 0.3 is 5.97 Å². The van der Waals surface area contributed by atoms with E-state index in [4.69, 9.17) is 14.2 Å². The lowest BCUT2D eigenvalue weighted by molar-refractivity contribution is -0.194. The molecule has 0 spiro atoms. The Balaban J connectivity index is 2.14. The maximum absolute atomic E-state index is 12.5. The van der Waals surface area contributed by atoms with Gasteiger partial charge in [-0.1, -0.05) is 19.9 Å². The molecule has 2 rings (SSSR count). The minimum atomic E-state index is -1.33. The van der Waals surface area contributed by atoms with Crippen molar-refractivity contribution < 1.29 is 28.9 Å². The van der Waals surface area contributed by atoms with Crippen LogP contribution in [0.5, 0.6) is 11.5 Å². The summed E-state index contributed by atoms with van der Waals surface area (Å²) in [5, 5.41) is 12.5. The number of benzene rings is 1. The molecule has 2 unspecified atom stereocenters. The van der Waals surface area contributed by atoms with Gasteiger partial charge in [-0.05, 0) is 24.6 Å². The van der Waals surface area contributed by atoms with Gasteiger partial charge in [0.15, 0.2) is 11.5 Å². The maximum Gasteiger partial charge on any atom is 0.330 e. The lowest BCUT2D eigenvalue weighted by Crippen LogP contribution is -2.76.